The largest absolute Gasteiger partial charge is 0.311 e. The Morgan fingerprint density at radius 3 is 1.35 bits per heavy atom. The fourth-order valence-corrected chi connectivity index (χ4v) is 15.7. The number of rotatable bonds is 6. The fraction of sp³-hybridized carbons (Fsp3) is 1.00. The zero-order valence-corrected chi connectivity index (χ0v) is 30.7. The van der Waals surface area contributed by atoms with E-state index in [1.165, 1.54) is 64.2 Å². The van der Waals surface area contributed by atoms with Crippen molar-refractivity contribution in [2.75, 3.05) is 0 Å². The van der Waals surface area contributed by atoms with Crippen LogP contribution in [0.15, 0.2) is 0 Å². The van der Waals surface area contributed by atoms with Crippen LogP contribution in [0.25, 0.3) is 0 Å². The highest BCUT2D eigenvalue weighted by molar-refractivity contribution is 5.04. The lowest BCUT2D eigenvalue weighted by atomic mass is 9.45. The van der Waals surface area contributed by atoms with Gasteiger partial charge in [-0.25, -0.2) is 0 Å². The quantitative estimate of drug-likeness (QED) is 0.307. The molecule has 0 heterocycles. The molecular weight excluding hydrogens is 555 g/mol. The molecule has 8 aliphatic rings. The molecule has 0 saturated heterocycles. The van der Waals surface area contributed by atoms with Gasteiger partial charge in [-0.05, 0) is 167 Å². The van der Waals surface area contributed by atoms with E-state index in [1.54, 1.807) is 122 Å². The van der Waals surface area contributed by atoms with E-state index in [2.05, 4.69) is 12.2 Å². The first-order valence-electron chi connectivity index (χ1n) is 22.5. The summed E-state index contributed by atoms with van der Waals surface area (Å²) in [6.07, 6.45) is 45.2. The molecule has 8 aliphatic carbocycles. The van der Waals surface area contributed by atoms with Gasteiger partial charge in [0.15, 0.2) is 0 Å². The van der Waals surface area contributed by atoms with Gasteiger partial charge in [0.05, 0.1) is 0 Å². The van der Waals surface area contributed by atoms with Gasteiger partial charge >= 0.3 is 0 Å². The lowest BCUT2D eigenvalue weighted by Crippen LogP contribution is -2.53. The molecule has 46 heavy (non-hydrogen) atoms. The minimum Gasteiger partial charge on any atom is -0.311 e. The maximum Gasteiger partial charge on any atom is 0.0101 e. The van der Waals surface area contributed by atoms with Gasteiger partial charge in [0.2, 0.25) is 0 Å². The normalized spacial score (nSPS) is 48.3. The third kappa shape index (κ3) is 6.96. The summed E-state index contributed by atoms with van der Waals surface area (Å²) in [6, 6.07) is 1.68. The minimum atomic E-state index is 0.842. The third-order valence-electron chi connectivity index (χ3n) is 17.7. The van der Waals surface area contributed by atoms with Crippen LogP contribution in [0.4, 0.5) is 0 Å². The number of nitrogens with one attached hydrogen (secondary N) is 1. The van der Waals surface area contributed by atoms with Crippen molar-refractivity contribution in [3.8, 4) is 0 Å². The molecule has 9 atom stereocenters. The lowest BCUT2D eigenvalue weighted by molar-refractivity contribution is -0.114. The highest BCUT2D eigenvalue weighted by Crippen LogP contribution is 2.62. The average Bonchev–Trinajstić information content (AvgIpc) is 3.12. The van der Waals surface area contributed by atoms with Crippen molar-refractivity contribution in [2.45, 2.75) is 205 Å². The van der Waals surface area contributed by atoms with Gasteiger partial charge in [0.1, 0.15) is 0 Å². The molecule has 8 rings (SSSR count). The zero-order chi connectivity index (χ0) is 30.9. The maximum absolute atomic E-state index is 4.33. The highest BCUT2D eigenvalue weighted by Gasteiger charge is 2.55. The van der Waals surface area contributed by atoms with Gasteiger partial charge < -0.3 is 5.32 Å². The Morgan fingerprint density at radius 2 is 0.761 bits per heavy atom. The van der Waals surface area contributed by atoms with Crippen LogP contribution in [0.2, 0.25) is 0 Å². The maximum atomic E-state index is 4.33. The molecule has 0 bridgehead atoms. The molecule has 0 spiro atoms. The summed E-state index contributed by atoms with van der Waals surface area (Å²) in [5.41, 5.74) is 0. The molecule has 0 aromatic carbocycles. The molecule has 1 nitrogen and oxygen atoms in total. The molecule has 262 valence electrons. The molecule has 0 radical (unpaired) electrons. The van der Waals surface area contributed by atoms with Gasteiger partial charge in [-0.2, -0.15) is 0 Å². The van der Waals surface area contributed by atoms with E-state index in [0.29, 0.717) is 0 Å². The standard InChI is InChI=1S/C45H77N/c1-31-24-25-35(30-42(31)37-18-12-13-23-43(37)46-36-16-6-3-7-17-36)32-26-28-34(29-27-32)45-40-21-10-8-19-38(40)44(33-14-4-2-5-15-33)39-20-9-11-22-41(39)45/h31-46H,2-30H2,1H3. The van der Waals surface area contributed by atoms with Crippen LogP contribution in [-0.2, 0) is 0 Å². The number of hydrogen-bond acceptors (Lipinski definition) is 1. The van der Waals surface area contributed by atoms with Crippen molar-refractivity contribution >= 4 is 0 Å². The molecule has 1 heteroatoms. The second kappa shape index (κ2) is 15.5. The molecule has 8 fully saturated rings. The predicted octanol–water partition coefficient (Wildman–Crippen LogP) is 12.8. The Hall–Kier alpha value is -0.0400. The van der Waals surface area contributed by atoms with Crippen LogP contribution in [0.3, 0.4) is 0 Å². The smallest absolute Gasteiger partial charge is 0.0101 e. The highest BCUT2D eigenvalue weighted by atomic mass is 15.0. The van der Waals surface area contributed by atoms with Crippen molar-refractivity contribution in [1.82, 2.24) is 5.32 Å². The Kier molecular flexibility index (Phi) is 11.1. The summed E-state index contributed by atoms with van der Waals surface area (Å²) in [6.45, 7) is 2.68. The summed E-state index contributed by atoms with van der Waals surface area (Å²) >= 11 is 0. The molecule has 0 amide bonds. The predicted molar refractivity (Wildman–Crippen MR) is 196 cm³/mol. The SMILES string of the molecule is CC1CCC(C2CCC(C3C4CCCCC4C(C4CCCCC4)C4CCCCC43)CC2)CC1C1CCCCC1NC1CCCCC1. The first-order valence-corrected chi connectivity index (χ1v) is 22.5. The zero-order valence-electron chi connectivity index (χ0n) is 30.7. The van der Waals surface area contributed by atoms with Crippen LogP contribution in [0.5, 0.6) is 0 Å². The molecule has 0 aromatic rings. The topological polar surface area (TPSA) is 12.0 Å². The number of fused-ring (bicyclic) bond motifs is 2. The van der Waals surface area contributed by atoms with Crippen molar-refractivity contribution in [3.63, 3.8) is 0 Å². The molecule has 0 aromatic heterocycles. The molecular formula is C45H77N. The molecule has 8 saturated carbocycles. The minimum absolute atomic E-state index is 0.842. The van der Waals surface area contributed by atoms with Crippen LogP contribution in [-0.4, -0.2) is 12.1 Å². The van der Waals surface area contributed by atoms with E-state index in [0.717, 1.165) is 89.0 Å². The van der Waals surface area contributed by atoms with Gasteiger partial charge in [-0.3, -0.25) is 0 Å². The Bertz CT molecular complexity index is 897. The summed E-state index contributed by atoms with van der Waals surface area (Å²) in [7, 11) is 0. The van der Waals surface area contributed by atoms with Gasteiger partial charge in [-0.1, -0.05) is 103 Å². The summed E-state index contributed by atoms with van der Waals surface area (Å²) in [5.74, 6) is 14.1. The average molecular weight is 632 g/mol. The van der Waals surface area contributed by atoms with Crippen LogP contribution < -0.4 is 5.32 Å². The van der Waals surface area contributed by atoms with Crippen molar-refractivity contribution in [1.29, 1.82) is 0 Å². The summed E-state index contributed by atoms with van der Waals surface area (Å²) in [4.78, 5) is 0. The Labute approximate surface area is 286 Å². The molecule has 1 N–H and O–H groups in total. The van der Waals surface area contributed by atoms with Crippen molar-refractivity contribution in [3.05, 3.63) is 0 Å². The van der Waals surface area contributed by atoms with E-state index in [1.807, 2.05) is 0 Å². The second-order valence-electron chi connectivity index (χ2n) is 19.7. The van der Waals surface area contributed by atoms with Crippen molar-refractivity contribution in [2.24, 2.45) is 76.9 Å². The summed E-state index contributed by atoms with van der Waals surface area (Å²) < 4.78 is 0. The first kappa shape index (κ1) is 33.1. The van der Waals surface area contributed by atoms with Gasteiger partial charge in [0.25, 0.3) is 0 Å². The first-order chi connectivity index (χ1) is 22.7. The Morgan fingerprint density at radius 1 is 0.326 bits per heavy atom. The van der Waals surface area contributed by atoms with Crippen LogP contribution in [0, 0.1) is 76.9 Å². The third-order valence-corrected chi connectivity index (χ3v) is 17.7. The van der Waals surface area contributed by atoms with E-state index < -0.39 is 0 Å². The van der Waals surface area contributed by atoms with E-state index >= 15 is 0 Å². The monoisotopic (exact) mass is 632 g/mol. The molecule has 0 aliphatic heterocycles. The second-order valence-corrected chi connectivity index (χ2v) is 19.7. The van der Waals surface area contributed by atoms with E-state index in [4.69, 9.17) is 0 Å². The number of hydrogen-bond donors (Lipinski definition) is 1. The summed E-state index contributed by atoms with van der Waals surface area (Å²) in [5, 5.41) is 4.33. The van der Waals surface area contributed by atoms with E-state index in [-0.39, 0.29) is 0 Å². The fourth-order valence-electron chi connectivity index (χ4n) is 15.7. The van der Waals surface area contributed by atoms with E-state index in [9.17, 15) is 0 Å². The van der Waals surface area contributed by atoms with Gasteiger partial charge in [-0.15, -0.1) is 0 Å². The van der Waals surface area contributed by atoms with Gasteiger partial charge in [0, 0.05) is 12.1 Å². The van der Waals surface area contributed by atoms with Crippen LogP contribution >= 0.6 is 0 Å². The Balaban J connectivity index is 0.924. The molecule has 9 unspecified atom stereocenters. The lowest BCUT2D eigenvalue weighted by Gasteiger charge is -2.60. The van der Waals surface area contributed by atoms with Crippen molar-refractivity contribution < 1.29 is 0 Å². The van der Waals surface area contributed by atoms with Crippen LogP contribution in [0.1, 0.15) is 193 Å².